The summed E-state index contributed by atoms with van der Waals surface area (Å²) in [5, 5.41) is 3.46. The number of hydrogen-bond donors (Lipinski definition) is 1. The lowest BCUT2D eigenvalue weighted by Gasteiger charge is -2.15. The van der Waals surface area contributed by atoms with Gasteiger partial charge in [0.15, 0.2) is 5.13 Å². The Kier molecular flexibility index (Phi) is 4.04. The van der Waals surface area contributed by atoms with Gasteiger partial charge in [0.05, 0.1) is 15.6 Å². The van der Waals surface area contributed by atoms with Crippen LogP contribution in [0.2, 0.25) is 8.67 Å². The summed E-state index contributed by atoms with van der Waals surface area (Å²) < 4.78 is 0.912. The molecule has 2 aromatic rings. The number of carbonyl (C=O) groups excluding carboxylic acids is 1. The predicted molar refractivity (Wildman–Crippen MR) is 85.6 cm³/mol. The monoisotopic (exact) mass is 346 g/mol. The van der Waals surface area contributed by atoms with Crippen molar-refractivity contribution in [2.45, 2.75) is 26.2 Å². The number of amides is 1. The van der Waals surface area contributed by atoms with Gasteiger partial charge in [-0.05, 0) is 31.2 Å². The fourth-order valence-electron chi connectivity index (χ4n) is 2.25. The molecular formula is C13H12Cl2N2OS2. The SMILES string of the molecule is CC1CCc2nc(NC(=O)c3cc(Cl)sc3Cl)sc2C1. The van der Waals surface area contributed by atoms with Crippen molar-refractivity contribution in [3.05, 3.63) is 30.9 Å². The maximum Gasteiger partial charge on any atom is 0.259 e. The van der Waals surface area contributed by atoms with Crippen LogP contribution in [-0.2, 0) is 12.8 Å². The maximum absolute atomic E-state index is 12.1. The molecule has 1 atom stereocenters. The Morgan fingerprint density at radius 1 is 1.45 bits per heavy atom. The lowest BCUT2D eigenvalue weighted by atomic mass is 9.93. The topological polar surface area (TPSA) is 42.0 Å². The van der Waals surface area contributed by atoms with Crippen LogP contribution < -0.4 is 5.32 Å². The molecule has 1 unspecified atom stereocenters. The van der Waals surface area contributed by atoms with Crippen molar-refractivity contribution in [2.24, 2.45) is 5.92 Å². The molecule has 2 heterocycles. The summed E-state index contributed by atoms with van der Waals surface area (Å²) in [6.07, 6.45) is 3.21. The van der Waals surface area contributed by atoms with E-state index in [1.54, 1.807) is 17.4 Å². The first-order chi connectivity index (χ1) is 9.52. The molecule has 0 spiro atoms. The van der Waals surface area contributed by atoms with Crippen molar-refractivity contribution in [1.29, 1.82) is 0 Å². The predicted octanol–water partition coefficient (Wildman–Crippen LogP) is 4.89. The average molecular weight is 347 g/mol. The van der Waals surface area contributed by atoms with Crippen LogP contribution in [0.15, 0.2) is 6.07 Å². The van der Waals surface area contributed by atoms with Crippen LogP contribution in [0.1, 0.15) is 34.3 Å². The number of thiazole rings is 1. The first-order valence-electron chi connectivity index (χ1n) is 6.27. The first kappa shape index (κ1) is 14.3. The number of nitrogens with zero attached hydrogens (tertiary/aromatic N) is 1. The minimum absolute atomic E-state index is 0.253. The van der Waals surface area contributed by atoms with Gasteiger partial charge in [-0.1, -0.05) is 30.1 Å². The van der Waals surface area contributed by atoms with Gasteiger partial charge in [0, 0.05) is 4.88 Å². The molecule has 2 aromatic heterocycles. The molecule has 1 N–H and O–H groups in total. The Morgan fingerprint density at radius 3 is 2.95 bits per heavy atom. The second-order valence-electron chi connectivity index (χ2n) is 4.93. The summed E-state index contributed by atoms with van der Waals surface area (Å²) in [6.45, 7) is 2.24. The second-order valence-corrected chi connectivity index (χ2v) is 8.30. The highest BCUT2D eigenvalue weighted by Crippen LogP contribution is 2.34. The lowest BCUT2D eigenvalue weighted by molar-refractivity contribution is 0.102. The molecule has 0 saturated heterocycles. The number of aromatic nitrogens is 1. The van der Waals surface area contributed by atoms with Crippen molar-refractivity contribution in [1.82, 2.24) is 4.98 Å². The van der Waals surface area contributed by atoms with Gasteiger partial charge in [-0.3, -0.25) is 10.1 Å². The molecule has 0 aliphatic heterocycles. The van der Waals surface area contributed by atoms with E-state index >= 15 is 0 Å². The van der Waals surface area contributed by atoms with Gasteiger partial charge in [-0.2, -0.15) is 0 Å². The van der Waals surface area contributed by atoms with Gasteiger partial charge < -0.3 is 0 Å². The number of carbonyl (C=O) groups is 1. The Labute approximate surface area is 134 Å². The molecular weight excluding hydrogens is 335 g/mol. The van der Waals surface area contributed by atoms with Crippen LogP contribution in [0, 0.1) is 5.92 Å². The molecule has 0 aromatic carbocycles. The molecule has 20 heavy (non-hydrogen) atoms. The molecule has 1 aliphatic carbocycles. The molecule has 1 aliphatic rings. The van der Waals surface area contributed by atoms with E-state index in [0.29, 0.717) is 25.3 Å². The molecule has 0 radical (unpaired) electrons. The van der Waals surface area contributed by atoms with Crippen LogP contribution in [0.4, 0.5) is 5.13 Å². The zero-order valence-electron chi connectivity index (χ0n) is 10.7. The number of hydrogen-bond acceptors (Lipinski definition) is 4. The number of anilines is 1. The number of rotatable bonds is 2. The fraction of sp³-hybridized carbons (Fsp3) is 0.385. The Morgan fingerprint density at radius 2 is 2.25 bits per heavy atom. The van der Waals surface area contributed by atoms with Crippen molar-refractivity contribution in [3.63, 3.8) is 0 Å². The molecule has 0 bridgehead atoms. The van der Waals surface area contributed by atoms with E-state index in [0.717, 1.165) is 25.0 Å². The number of nitrogens with one attached hydrogen (secondary N) is 1. The molecule has 7 heteroatoms. The van der Waals surface area contributed by atoms with Gasteiger partial charge in [0.1, 0.15) is 4.34 Å². The molecule has 0 saturated carbocycles. The third-order valence-electron chi connectivity index (χ3n) is 3.31. The van der Waals surface area contributed by atoms with Crippen LogP contribution in [0.25, 0.3) is 0 Å². The van der Waals surface area contributed by atoms with Gasteiger partial charge in [0.25, 0.3) is 5.91 Å². The lowest BCUT2D eigenvalue weighted by Crippen LogP contribution is -2.11. The largest absolute Gasteiger partial charge is 0.298 e. The smallest absolute Gasteiger partial charge is 0.259 e. The van der Waals surface area contributed by atoms with E-state index in [9.17, 15) is 4.79 Å². The highest BCUT2D eigenvalue weighted by atomic mass is 35.5. The number of halogens is 2. The third kappa shape index (κ3) is 2.86. The summed E-state index contributed by atoms with van der Waals surface area (Å²) in [5.41, 5.74) is 1.53. The molecule has 106 valence electrons. The summed E-state index contributed by atoms with van der Waals surface area (Å²) in [6, 6.07) is 1.58. The quantitative estimate of drug-likeness (QED) is 0.840. The van der Waals surface area contributed by atoms with Crippen molar-refractivity contribution in [2.75, 3.05) is 5.32 Å². The van der Waals surface area contributed by atoms with Crippen LogP contribution >= 0.6 is 45.9 Å². The van der Waals surface area contributed by atoms with Gasteiger partial charge in [0.2, 0.25) is 0 Å². The Hall–Kier alpha value is -0.620. The molecule has 0 fully saturated rings. The second kappa shape index (κ2) is 5.64. The Bertz CT molecular complexity index is 665. The highest BCUT2D eigenvalue weighted by molar-refractivity contribution is 7.20. The Balaban J connectivity index is 1.78. The standard InChI is InChI=1S/C13H12Cl2N2OS2/c1-6-2-3-8-9(4-6)19-13(16-8)17-12(18)7-5-10(14)20-11(7)15/h5-6H,2-4H2,1H3,(H,16,17,18). The van der Waals surface area contributed by atoms with Gasteiger partial charge >= 0.3 is 0 Å². The van der Waals surface area contributed by atoms with Gasteiger partial charge in [-0.25, -0.2) is 4.98 Å². The summed E-state index contributed by atoms with van der Waals surface area (Å²) in [7, 11) is 0. The van der Waals surface area contributed by atoms with E-state index in [1.165, 1.54) is 16.2 Å². The van der Waals surface area contributed by atoms with Crippen LogP contribution in [0.5, 0.6) is 0 Å². The van der Waals surface area contributed by atoms with Crippen LogP contribution in [-0.4, -0.2) is 10.9 Å². The minimum atomic E-state index is -0.253. The van der Waals surface area contributed by atoms with Crippen molar-refractivity contribution < 1.29 is 4.79 Å². The fourth-order valence-corrected chi connectivity index (χ4v) is 4.88. The highest BCUT2D eigenvalue weighted by Gasteiger charge is 2.21. The number of aryl methyl sites for hydroxylation is 1. The maximum atomic E-state index is 12.1. The van der Waals surface area contributed by atoms with E-state index in [2.05, 4.69) is 17.2 Å². The third-order valence-corrected chi connectivity index (χ3v) is 5.83. The van der Waals surface area contributed by atoms with Gasteiger partial charge in [-0.15, -0.1) is 22.7 Å². The summed E-state index contributed by atoms with van der Waals surface area (Å²) in [5.74, 6) is 0.439. The number of thiophene rings is 1. The van der Waals surface area contributed by atoms with Crippen molar-refractivity contribution in [3.8, 4) is 0 Å². The zero-order chi connectivity index (χ0) is 14.3. The number of fused-ring (bicyclic) bond motifs is 1. The molecule has 1 amide bonds. The van der Waals surface area contributed by atoms with Crippen molar-refractivity contribution >= 4 is 56.9 Å². The van der Waals surface area contributed by atoms with E-state index < -0.39 is 0 Å². The molecule has 3 rings (SSSR count). The average Bonchev–Trinajstić information content (AvgIpc) is 2.91. The zero-order valence-corrected chi connectivity index (χ0v) is 13.8. The van der Waals surface area contributed by atoms with Crippen LogP contribution in [0.3, 0.4) is 0 Å². The summed E-state index contributed by atoms with van der Waals surface area (Å²) >= 11 is 14.6. The normalized spacial score (nSPS) is 17.9. The molecule has 3 nitrogen and oxygen atoms in total. The van der Waals surface area contributed by atoms with E-state index in [4.69, 9.17) is 23.2 Å². The van der Waals surface area contributed by atoms with E-state index in [-0.39, 0.29) is 5.91 Å². The first-order valence-corrected chi connectivity index (χ1v) is 8.66. The minimum Gasteiger partial charge on any atom is -0.298 e. The van der Waals surface area contributed by atoms with E-state index in [1.807, 2.05) is 0 Å². The summed E-state index contributed by atoms with van der Waals surface area (Å²) in [4.78, 5) is 17.9.